The SMILES string of the molecule is COc1ccc(OCCN(C)CCCOc2ccccc2)cc1. The van der Waals surface area contributed by atoms with Crippen molar-refractivity contribution in [3.05, 3.63) is 54.6 Å². The van der Waals surface area contributed by atoms with E-state index in [0.29, 0.717) is 6.61 Å². The second-order valence-corrected chi connectivity index (χ2v) is 5.34. The summed E-state index contributed by atoms with van der Waals surface area (Å²) in [6, 6.07) is 17.6. The highest BCUT2D eigenvalue weighted by Crippen LogP contribution is 2.16. The van der Waals surface area contributed by atoms with Crippen molar-refractivity contribution >= 4 is 0 Å². The standard InChI is InChI=1S/C19H25NO3/c1-20(13-6-15-22-18-7-4-3-5-8-18)14-16-23-19-11-9-17(21-2)10-12-19/h3-5,7-12H,6,13-16H2,1-2H3. The van der Waals surface area contributed by atoms with Crippen molar-refractivity contribution in [2.75, 3.05) is 40.5 Å². The van der Waals surface area contributed by atoms with Crippen molar-refractivity contribution < 1.29 is 14.2 Å². The molecule has 0 N–H and O–H groups in total. The third kappa shape index (κ3) is 6.61. The van der Waals surface area contributed by atoms with Gasteiger partial charge in [-0.05, 0) is 49.9 Å². The summed E-state index contributed by atoms with van der Waals surface area (Å²) < 4.78 is 16.5. The fourth-order valence-corrected chi connectivity index (χ4v) is 2.14. The van der Waals surface area contributed by atoms with Gasteiger partial charge in [-0.3, -0.25) is 0 Å². The highest BCUT2D eigenvalue weighted by atomic mass is 16.5. The third-order valence-corrected chi connectivity index (χ3v) is 3.50. The van der Waals surface area contributed by atoms with E-state index in [1.54, 1.807) is 7.11 Å². The zero-order chi connectivity index (χ0) is 16.3. The number of rotatable bonds is 10. The second-order valence-electron chi connectivity index (χ2n) is 5.34. The normalized spacial score (nSPS) is 10.6. The number of hydrogen-bond donors (Lipinski definition) is 0. The summed E-state index contributed by atoms with van der Waals surface area (Å²) in [7, 11) is 3.76. The Labute approximate surface area is 138 Å². The summed E-state index contributed by atoms with van der Waals surface area (Å²) in [4.78, 5) is 2.25. The predicted octanol–water partition coefficient (Wildman–Crippen LogP) is 3.47. The molecule has 0 aliphatic heterocycles. The molecular weight excluding hydrogens is 290 g/mol. The Bertz CT molecular complexity index is 542. The molecular formula is C19H25NO3. The van der Waals surface area contributed by atoms with Gasteiger partial charge in [-0.2, -0.15) is 0 Å². The van der Waals surface area contributed by atoms with Crippen LogP contribution in [0.1, 0.15) is 6.42 Å². The molecule has 0 fully saturated rings. The summed E-state index contributed by atoms with van der Waals surface area (Å²) in [5.41, 5.74) is 0. The van der Waals surface area contributed by atoms with Gasteiger partial charge in [0.25, 0.3) is 0 Å². The van der Waals surface area contributed by atoms with E-state index in [4.69, 9.17) is 14.2 Å². The van der Waals surface area contributed by atoms with Crippen LogP contribution in [0.5, 0.6) is 17.2 Å². The van der Waals surface area contributed by atoms with Gasteiger partial charge < -0.3 is 19.1 Å². The van der Waals surface area contributed by atoms with Crippen LogP contribution in [0, 0.1) is 0 Å². The molecule has 23 heavy (non-hydrogen) atoms. The summed E-state index contributed by atoms with van der Waals surface area (Å²) in [6.07, 6.45) is 0.994. The van der Waals surface area contributed by atoms with Crippen molar-refractivity contribution in [2.24, 2.45) is 0 Å². The van der Waals surface area contributed by atoms with E-state index in [9.17, 15) is 0 Å². The van der Waals surface area contributed by atoms with Crippen LogP contribution in [0.2, 0.25) is 0 Å². The van der Waals surface area contributed by atoms with E-state index in [2.05, 4.69) is 11.9 Å². The molecule has 0 spiro atoms. The number of nitrogens with zero attached hydrogens (tertiary/aromatic N) is 1. The third-order valence-electron chi connectivity index (χ3n) is 3.50. The summed E-state index contributed by atoms with van der Waals surface area (Å²) in [5, 5.41) is 0. The summed E-state index contributed by atoms with van der Waals surface area (Å²) in [5.74, 6) is 2.64. The lowest BCUT2D eigenvalue weighted by Crippen LogP contribution is -2.26. The molecule has 4 nitrogen and oxygen atoms in total. The molecule has 0 saturated heterocycles. The van der Waals surface area contributed by atoms with E-state index in [-0.39, 0.29) is 0 Å². The monoisotopic (exact) mass is 315 g/mol. The quantitative estimate of drug-likeness (QED) is 0.628. The smallest absolute Gasteiger partial charge is 0.119 e. The first-order valence-corrected chi connectivity index (χ1v) is 7.91. The number of methoxy groups -OCH3 is 1. The maximum atomic E-state index is 5.72. The molecule has 0 heterocycles. The van der Waals surface area contributed by atoms with E-state index >= 15 is 0 Å². The largest absolute Gasteiger partial charge is 0.497 e. The van der Waals surface area contributed by atoms with Gasteiger partial charge in [0.2, 0.25) is 0 Å². The molecule has 0 unspecified atom stereocenters. The zero-order valence-electron chi connectivity index (χ0n) is 13.9. The van der Waals surface area contributed by atoms with Gasteiger partial charge in [0, 0.05) is 13.1 Å². The molecule has 2 aromatic rings. The van der Waals surface area contributed by atoms with Crippen LogP contribution in [-0.2, 0) is 0 Å². The zero-order valence-corrected chi connectivity index (χ0v) is 13.9. The van der Waals surface area contributed by atoms with Gasteiger partial charge in [-0.15, -0.1) is 0 Å². The Morgan fingerprint density at radius 2 is 1.35 bits per heavy atom. The average Bonchev–Trinajstić information content (AvgIpc) is 2.60. The van der Waals surface area contributed by atoms with Crippen LogP contribution in [-0.4, -0.2) is 45.4 Å². The molecule has 0 saturated carbocycles. The molecule has 0 aliphatic rings. The second kappa shape index (κ2) is 9.74. The Morgan fingerprint density at radius 3 is 2.04 bits per heavy atom. The molecule has 4 heteroatoms. The van der Waals surface area contributed by atoms with E-state index in [0.717, 1.165) is 43.4 Å². The van der Waals surface area contributed by atoms with Crippen molar-refractivity contribution in [2.45, 2.75) is 6.42 Å². The maximum absolute atomic E-state index is 5.72. The predicted molar refractivity (Wildman–Crippen MR) is 92.5 cm³/mol. The van der Waals surface area contributed by atoms with Gasteiger partial charge >= 0.3 is 0 Å². The Morgan fingerprint density at radius 1 is 0.739 bits per heavy atom. The fourth-order valence-electron chi connectivity index (χ4n) is 2.14. The van der Waals surface area contributed by atoms with Gasteiger partial charge in [0.05, 0.1) is 13.7 Å². The average molecular weight is 315 g/mol. The van der Waals surface area contributed by atoms with Crippen LogP contribution in [0.15, 0.2) is 54.6 Å². The van der Waals surface area contributed by atoms with Crippen molar-refractivity contribution in [3.8, 4) is 17.2 Å². The maximum Gasteiger partial charge on any atom is 0.119 e. The van der Waals surface area contributed by atoms with Crippen LogP contribution in [0.3, 0.4) is 0 Å². The highest BCUT2D eigenvalue weighted by Gasteiger charge is 2.00. The Balaban J connectivity index is 1.55. The number of para-hydroxylation sites is 1. The van der Waals surface area contributed by atoms with Crippen LogP contribution >= 0.6 is 0 Å². The van der Waals surface area contributed by atoms with Crippen molar-refractivity contribution in [1.82, 2.24) is 4.90 Å². The van der Waals surface area contributed by atoms with Crippen LogP contribution < -0.4 is 14.2 Å². The summed E-state index contributed by atoms with van der Waals surface area (Å²) >= 11 is 0. The molecule has 0 aromatic heterocycles. The first kappa shape index (κ1) is 17.2. The molecule has 0 atom stereocenters. The van der Waals surface area contributed by atoms with Gasteiger partial charge in [-0.25, -0.2) is 0 Å². The molecule has 0 aliphatic carbocycles. The lowest BCUT2D eigenvalue weighted by Gasteiger charge is -2.17. The molecule has 0 radical (unpaired) electrons. The molecule has 0 bridgehead atoms. The van der Waals surface area contributed by atoms with Gasteiger partial charge in [0.1, 0.15) is 23.9 Å². The van der Waals surface area contributed by atoms with Gasteiger partial charge in [-0.1, -0.05) is 18.2 Å². The molecule has 2 aromatic carbocycles. The molecule has 124 valence electrons. The van der Waals surface area contributed by atoms with Gasteiger partial charge in [0.15, 0.2) is 0 Å². The first-order valence-electron chi connectivity index (χ1n) is 7.91. The Kier molecular flexibility index (Phi) is 7.27. The van der Waals surface area contributed by atoms with Crippen molar-refractivity contribution in [3.63, 3.8) is 0 Å². The number of ether oxygens (including phenoxy) is 3. The Hall–Kier alpha value is -2.20. The number of likely N-dealkylation sites (N-methyl/N-ethyl adjacent to an activating group) is 1. The van der Waals surface area contributed by atoms with E-state index < -0.39 is 0 Å². The van der Waals surface area contributed by atoms with E-state index in [1.165, 1.54) is 0 Å². The van der Waals surface area contributed by atoms with Crippen LogP contribution in [0.4, 0.5) is 0 Å². The molecule has 2 rings (SSSR count). The van der Waals surface area contributed by atoms with E-state index in [1.807, 2.05) is 54.6 Å². The topological polar surface area (TPSA) is 30.9 Å². The van der Waals surface area contributed by atoms with Crippen molar-refractivity contribution in [1.29, 1.82) is 0 Å². The fraction of sp³-hybridized carbons (Fsp3) is 0.368. The number of hydrogen-bond acceptors (Lipinski definition) is 4. The lowest BCUT2D eigenvalue weighted by atomic mass is 10.3. The minimum Gasteiger partial charge on any atom is -0.497 e. The highest BCUT2D eigenvalue weighted by molar-refractivity contribution is 5.31. The lowest BCUT2D eigenvalue weighted by molar-refractivity contribution is 0.219. The first-order chi connectivity index (χ1) is 11.3. The minimum atomic E-state index is 0.669. The summed E-state index contributed by atoms with van der Waals surface area (Å²) in [6.45, 7) is 3.27. The van der Waals surface area contributed by atoms with Crippen LogP contribution in [0.25, 0.3) is 0 Å². The minimum absolute atomic E-state index is 0.669. The molecule has 0 amide bonds. The number of benzene rings is 2.